The fourth-order valence-corrected chi connectivity index (χ4v) is 4.66. The molecule has 2 aromatic heterocycles. The Kier molecular flexibility index (Phi) is 6.27. The van der Waals surface area contributed by atoms with Crippen LogP contribution in [0.4, 0.5) is 5.69 Å². The maximum Gasteiger partial charge on any atom is 0.267 e. The van der Waals surface area contributed by atoms with E-state index in [4.69, 9.17) is 10.5 Å². The summed E-state index contributed by atoms with van der Waals surface area (Å²) in [6.07, 6.45) is 6.77. The lowest BCUT2D eigenvalue weighted by molar-refractivity contribution is 0.0303. The SMILES string of the molecule is NC(=O)c1nc(-c2cn[nH]c2)ccc1-c1cc(C(=O)N2CCOCC2)ccc1N1CCCCC1. The third-order valence-corrected chi connectivity index (χ3v) is 6.45. The zero-order valence-corrected chi connectivity index (χ0v) is 19.0. The number of benzene rings is 1. The molecule has 2 aliphatic rings. The number of anilines is 1. The molecule has 0 bridgehead atoms. The third-order valence-electron chi connectivity index (χ3n) is 6.45. The molecular weight excluding hydrogens is 432 g/mol. The zero-order valence-electron chi connectivity index (χ0n) is 19.0. The number of hydrogen-bond donors (Lipinski definition) is 2. The van der Waals surface area contributed by atoms with Crippen molar-refractivity contribution in [1.82, 2.24) is 20.1 Å². The van der Waals surface area contributed by atoms with Crippen molar-refractivity contribution in [2.45, 2.75) is 19.3 Å². The number of nitrogens with two attached hydrogens (primary N) is 1. The first-order chi connectivity index (χ1) is 16.6. The molecule has 0 atom stereocenters. The highest BCUT2D eigenvalue weighted by Crippen LogP contribution is 2.36. The summed E-state index contributed by atoms with van der Waals surface area (Å²) in [6.45, 7) is 4.06. The van der Waals surface area contributed by atoms with Crippen LogP contribution in [-0.4, -0.2) is 71.3 Å². The fraction of sp³-hybridized carbons (Fsp3) is 0.360. The van der Waals surface area contributed by atoms with Gasteiger partial charge in [-0.15, -0.1) is 0 Å². The van der Waals surface area contributed by atoms with E-state index in [0.717, 1.165) is 42.7 Å². The Morgan fingerprint density at radius 3 is 2.47 bits per heavy atom. The van der Waals surface area contributed by atoms with Crippen molar-refractivity contribution in [2.75, 3.05) is 44.3 Å². The van der Waals surface area contributed by atoms with Crippen LogP contribution in [0.25, 0.3) is 22.4 Å². The Hall–Kier alpha value is -3.72. The molecule has 2 amide bonds. The number of H-pyrrole nitrogens is 1. The average Bonchev–Trinajstić information content (AvgIpc) is 3.44. The zero-order chi connectivity index (χ0) is 23.5. The van der Waals surface area contributed by atoms with Crippen LogP contribution < -0.4 is 10.6 Å². The van der Waals surface area contributed by atoms with Gasteiger partial charge in [-0.05, 0) is 49.6 Å². The van der Waals surface area contributed by atoms with Gasteiger partial charge in [0.05, 0.1) is 25.1 Å². The van der Waals surface area contributed by atoms with E-state index in [9.17, 15) is 9.59 Å². The van der Waals surface area contributed by atoms with E-state index in [1.165, 1.54) is 6.42 Å². The van der Waals surface area contributed by atoms with Gasteiger partial charge < -0.3 is 20.3 Å². The first-order valence-corrected chi connectivity index (χ1v) is 11.7. The van der Waals surface area contributed by atoms with E-state index in [1.807, 2.05) is 30.3 Å². The standard InChI is InChI=1S/C25H28N6O3/c26-24(32)23-19(5-6-21(29-23)18-15-27-28-16-18)20-14-17(25(33)31-10-12-34-13-11-31)4-7-22(20)30-8-2-1-3-9-30/h4-7,14-16H,1-3,8-13H2,(H2,26,32)(H,27,28). The molecule has 3 aromatic rings. The monoisotopic (exact) mass is 460 g/mol. The van der Waals surface area contributed by atoms with Crippen molar-refractivity contribution in [3.8, 4) is 22.4 Å². The minimum atomic E-state index is -0.616. The van der Waals surface area contributed by atoms with Gasteiger partial charge in [0.25, 0.3) is 11.8 Å². The van der Waals surface area contributed by atoms with Gasteiger partial charge in [-0.2, -0.15) is 5.10 Å². The number of primary amides is 1. The first kappa shape index (κ1) is 22.1. The molecule has 0 spiro atoms. The molecule has 34 heavy (non-hydrogen) atoms. The van der Waals surface area contributed by atoms with E-state index < -0.39 is 5.91 Å². The van der Waals surface area contributed by atoms with Crippen LogP contribution in [0.5, 0.6) is 0 Å². The number of aromatic amines is 1. The summed E-state index contributed by atoms with van der Waals surface area (Å²) < 4.78 is 5.39. The van der Waals surface area contributed by atoms with Crippen molar-refractivity contribution in [2.24, 2.45) is 5.73 Å². The Labute approximate surface area is 197 Å². The molecular formula is C25H28N6O3. The second-order valence-electron chi connectivity index (χ2n) is 8.63. The van der Waals surface area contributed by atoms with Gasteiger partial charge in [0, 0.05) is 60.3 Å². The lowest BCUT2D eigenvalue weighted by Crippen LogP contribution is -2.40. The minimum absolute atomic E-state index is 0.0432. The Bertz CT molecular complexity index is 1180. The number of morpholine rings is 1. The topological polar surface area (TPSA) is 117 Å². The van der Waals surface area contributed by atoms with Crippen LogP contribution in [-0.2, 0) is 4.74 Å². The summed E-state index contributed by atoms with van der Waals surface area (Å²) in [4.78, 5) is 34.4. The number of carbonyl (C=O) groups excluding carboxylic acids is 2. The Morgan fingerprint density at radius 1 is 0.971 bits per heavy atom. The van der Waals surface area contributed by atoms with Crippen molar-refractivity contribution in [3.05, 3.63) is 54.0 Å². The van der Waals surface area contributed by atoms with Gasteiger partial charge in [-0.25, -0.2) is 4.98 Å². The van der Waals surface area contributed by atoms with Gasteiger partial charge in [0.15, 0.2) is 0 Å². The van der Waals surface area contributed by atoms with E-state index in [-0.39, 0.29) is 11.6 Å². The third kappa shape index (κ3) is 4.38. The average molecular weight is 461 g/mol. The molecule has 176 valence electrons. The molecule has 2 fully saturated rings. The fourth-order valence-electron chi connectivity index (χ4n) is 4.66. The van der Waals surface area contributed by atoms with E-state index in [1.54, 1.807) is 17.3 Å². The number of amides is 2. The highest BCUT2D eigenvalue weighted by atomic mass is 16.5. The molecule has 2 aliphatic heterocycles. The number of pyridine rings is 1. The maximum atomic E-state index is 13.2. The summed E-state index contributed by atoms with van der Waals surface area (Å²) in [7, 11) is 0. The van der Waals surface area contributed by atoms with Gasteiger partial charge in [0.2, 0.25) is 0 Å². The van der Waals surface area contributed by atoms with Crippen LogP contribution in [0.3, 0.4) is 0 Å². The van der Waals surface area contributed by atoms with Crippen LogP contribution in [0.2, 0.25) is 0 Å². The number of nitrogens with zero attached hydrogens (tertiary/aromatic N) is 4. The number of ether oxygens (including phenoxy) is 1. The summed E-state index contributed by atoms with van der Waals surface area (Å²) in [5.41, 5.74) is 10.3. The van der Waals surface area contributed by atoms with Crippen molar-refractivity contribution in [3.63, 3.8) is 0 Å². The summed E-state index contributed by atoms with van der Waals surface area (Å²) in [5.74, 6) is -0.659. The summed E-state index contributed by atoms with van der Waals surface area (Å²) in [6, 6.07) is 9.46. The van der Waals surface area contributed by atoms with Crippen molar-refractivity contribution >= 4 is 17.5 Å². The van der Waals surface area contributed by atoms with Crippen LogP contribution >= 0.6 is 0 Å². The van der Waals surface area contributed by atoms with E-state index in [2.05, 4.69) is 20.1 Å². The first-order valence-electron chi connectivity index (χ1n) is 11.7. The van der Waals surface area contributed by atoms with Gasteiger partial charge in [-0.1, -0.05) is 0 Å². The van der Waals surface area contributed by atoms with Gasteiger partial charge in [-0.3, -0.25) is 14.7 Å². The number of nitrogens with one attached hydrogen (secondary N) is 1. The molecule has 0 radical (unpaired) electrons. The summed E-state index contributed by atoms with van der Waals surface area (Å²) >= 11 is 0. The lowest BCUT2D eigenvalue weighted by atomic mass is 9.96. The second-order valence-corrected chi connectivity index (χ2v) is 8.63. The highest BCUT2D eigenvalue weighted by molar-refractivity contribution is 6.02. The van der Waals surface area contributed by atoms with E-state index in [0.29, 0.717) is 43.1 Å². The van der Waals surface area contributed by atoms with Gasteiger partial charge >= 0.3 is 0 Å². The van der Waals surface area contributed by atoms with Crippen LogP contribution in [0.1, 0.15) is 40.1 Å². The largest absolute Gasteiger partial charge is 0.378 e. The number of hydrogen-bond acceptors (Lipinski definition) is 6. The molecule has 9 heteroatoms. The molecule has 0 aliphatic carbocycles. The molecule has 3 N–H and O–H groups in total. The smallest absolute Gasteiger partial charge is 0.267 e. The predicted molar refractivity (Wildman–Crippen MR) is 129 cm³/mol. The minimum Gasteiger partial charge on any atom is -0.378 e. The van der Waals surface area contributed by atoms with Crippen molar-refractivity contribution in [1.29, 1.82) is 0 Å². The molecule has 0 saturated carbocycles. The number of aromatic nitrogens is 3. The van der Waals surface area contributed by atoms with Crippen LogP contribution in [0.15, 0.2) is 42.7 Å². The number of carbonyl (C=O) groups is 2. The molecule has 0 unspecified atom stereocenters. The Morgan fingerprint density at radius 2 is 1.76 bits per heavy atom. The molecule has 9 nitrogen and oxygen atoms in total. The predicted octanol–water partition coefficient (Wildman–Crippen LogP) is 2.70. The molecule has 5 rings (SSSR count). The number of piperidine rings is 1. The van der Waals surface area contributed by atoms with Crippen molar-refractivity contribution < 1.29 is 14.3 Å². The lowest BCUT2D eigenvalue weighted by Gasteiger charge is -2.32. The highest BCUT2D eigenvalue weighted by Gasteiger charge is 2.24. The van der Waals surface area contributed by atoms with E-state index >= 15 is 0 Å². The quantitative estimate of drug-likeness (QED) is 0.605. The molecule has 4 heterocycles. The number of rotatable bonds is 5. The Balaban J connectivity index is 1.61. The summed E-state index contributed by atoms with van der Waals surface area (Å²) in [5, 5.41) is 6.73. The molecule has 2 saturated heterocycles. The van der Waals surface area contributed by atoms with Gasteiger partial charge in [0.1, 0.15) is 5.69 Å². The van der Waals surface area contributed by atoms with Crippen LogP contribution in [0, 0.1) is 0 Å². The molecule has 1 aromatic carbocycles. The normalized spacial score (nSPS) is 16.5. The second kappa shape index (κ2) is 9.64. The maximum absolute atomic E-state index is 13.2.